The molecule has 0 aliphatic heterocycles. The fourth-order valence-electron chi connectivity index (χ4n) is 1.61. The van der Waals surface area contributed by atoms with Gasteiger partial charge in [-0.05, 0) is 30.8 Å². The van der Waals surface area contributed by atoms with Crippen LogP contribution >= 0.6 is 23.4 Å². The van der Waals surface area contributed by atoms with Gasteiger partial charge in [0.25, 0.3) is 0 Å². The molecule has 0 saturated carbocycles. The number of nitrogens with two attached hydrogens (primary N) is 1. The number of nitrogens with zero attached hydrogens (tertiary/aromatic N) is 1. The van der Waals surface area contributed by atoms with E-state index < -0.39 is 0 Å². The van der Waals surface area contributed by atoms with Gasteiger partial charge in [-0.2, -0.15) is 0 Å². The van der Waals surface area contributed by atoms with Crippen molar-refractivity contribution in [1.29, 1.82) is 0 Å². The van der Waals surface area contributed by atoms with E-state index >= 15 is 0 Å². The quantitative estimate of drug-likeness (QED) is 0.773. The molecule has 0 amide bonds. The maximum atomic E-state index is 6.20. The molecule has 0 saturated heterocycles. The van der Waals surface area contributed by atoms with Gasteiger partial charge in [0, 0.05) is 23.7 Å². The average Bonchev–Trinajstić information content (AvgIpc) is 2.36. The van der Waals surface area contributed by atoms with E-state index in [9.17, 15) is 0 Å². The van der Waals surface area contributed by atoms with E-state index in [0.717, 1.165) is 40.9 Å². The number of thioether (sulfide) groups is 1. The van der Waals surface area contributed by atoms with Crippen molar-refractivity contribution in [1.82, 2.24) is 4.90 Å². The lowest BCUT2D eigenvalue weighted by molar-refractivity contribution is 0.324. The van der Waals surface area contributed by atoms with Gasteiger partial charge in [0.1, 0.15) is 0 Å². The van der Waals surface area contributed by atoms with E-state index in [1.165, 1.54) is 0 Å². The van der Waals surface area contributed by atoms with Gasteiger partial charge < -0.3 is 10.6 Å². The highest BCUT2D eigenvalue weighted by molar-refractivity contribution is 7.99. The van der Waals surface area contributed by atoms with E-state index in [2.05, 4.69) is 24.8 Å². The molecule has 17 heavy (non-hydrogen) atoms. The van der Waals surface area contributed by atoms with E-state index in [4.69, 9.17) is 17.3 Å². The summed E-state index contributed by atoms with van der Waals surface area (Å²) in [6, 6.07) is 6.07. The second kappa shape index (κ2) is 7.98. The van der Waals surface area contributed by atoms with Crippen molar-refractivity contribution in [3.05, 3.63) is 28.8 Å². The SMILES string of the molecule is CCN(CC)CCSc1ccc(CN)cc1Cl. The standard InChI is InChI=1S/C13H21ClN2S/c1-3-16(4-2)7-8-17-13-6-5-11(10-15)9-12(13)14/h5-6,9H,3-4,7-8,10,15H2,1-2H3. The number of halogens is 1. The van der Waals surface area contributed by atoms with E-state index in [1.807, 2.05) is 23.9 Å². The third-order valence-corrected chi connectivity index (χ3v) is 4.27. The molecule has 0 atom stereocenters. The van der Waals surface area contributed by atoms with E-state index in [0.29, 0.717) is 6.54 Å². The number of hydrogen-bond acceptors (Lipinski definition) is 3. The lowest BCUT2D eigenvalue weighted by Gasteiger charge is -2.17. The van der Waals surface area contributed by atoms with Gasteiger partial charge in [0.15, 0.2) is 0 Å². The predicted octanol–water partition coefficient (Wildman–Crippen LogP) is 3.23. The number of benzene rings is 1. The summed E-state index contributed by atoms with van der Waals surface area (Å²) in [7, 11) is 0. The largest absolute Gasteiger partial charge is 0.326 e. The topological polar surface area (TPSA) is 29.3 Å². The molecule has 2 nitrogen and oxygen atoms in total. The monoisotopic (exact) mass is 272 g/mol. The van der Waals surface area contributed by atoms with Gasteiger partial charge >= 0.3 is 0 Å². The molecule has 0 heterocycles. The second-order valence-corrected chi connectivity index (χ2v) is 5.39. The van der Waals surface area contributed by atoms with Gasteiger partial charge in [-0.1, -0.05) is 31.5 Å². The van der Waals surface area contributed by atoms with Crippen molar-refractivity contribution in [3.8, 4) is 0 Å². The molecule has 2 N–H and O–H groups in total. The molecule has 96 valence electrons. The van der Waals surface area contributed by atoms with Crippen LogP contribution in [0.2, 0.25) is 5.02 Å². The molecule has 0 fully saturated rings. The third-order valence-electron chi connectivity index (χ3n) is 2.79. The van der Waals surface area contributed by atoms with Crippen LogP contribution in [0.4, 0.5) is 0 Å². The summed E-state index contributed by atoms with van der Waals surface area (Å²) in [5.74, 6) is 1.07. The van der Waals surface area contributed by atoms with E-state index in [-0.39, 0.29) is 0 Å². The summed E-state index contributed by atoms with van der Waals surface area (Å²) in [5.41, 5.74) is 6.66. The van der Waals surface area contributed by atoms with Crippen LogP contribution in [-0.4, -0.2) is 30.3 Å². The highest BCUT2D eigenvalue weighted by Gasteiger charge is 2.04. The van der Waals surface area contributed by atoms with E-state index in [1.54, 1.807) is 0 Å². The Hall–Kier alpha value is -0.220. The van der Waals surface area contributed by atoms with Crippen molar-refractivity contribution in [2.45, 2.75) is 25.3 Å². The minimum absolute atomic E-state index is 0.546. The fraction of sp³-hybridized carbons (Fsp3) is 0.538. The average molecular weight is 273 g/mol. The summed E-state index contributed by atoms with van der Waals surface area (Å²) >= 11 is 8.01. The predicted molar refractivity (Wildman–Crippen MR) is 77.9 cm³/mol. The van der Waals surface area contributed by atoms with Gasteiger partial charge in [-0.15, -0.1) is 11.8 Å². The molecule has 0 aliphatic rings. The first-order valence-corrected chi connectivity index (χ1v) is 7.41. The molecular formula is C13H21ClN2S. The molecule has 4 heteroatoms. The van der Waals surface area contributed by atoms with Crippen molar-refractivity contribution >= 4 is 23.4 Å². The zero-order chi connectivity index (χ0) is 12.7. The highest BCUT2D eigenvalue weighted by Crippen LogP contribution is 2.27. The summed E-state index contributed by atoms with van der Waals surface area (Å²) in [6.07, 6.45) is 0. The Morgan fingerprint density at radius 1 is 1.29 bits per heavy atom. The normalized spacial score (nSPS) is 11.1. The first-order chi connectivity index (χ1) is 8.21. The Kier molecular flexibility index (Phi) is 6.97. The Labute approximate surface area is 114 Å². The van der Waals surface area contributed by atoms with Gasteiger partial charge in [-0.3, -0.25) is 0 Å². The van der Waals surface area contributed by atoms with Gasteiger partial charge in [0.05, 0.1) is 5.02 Å². The molecule has 0 radical (unpaired) electrons. The minimum atomic E-state index is 0.546. The van der Waals surface area contributed by atoms with Crippen LogP contribution in [0.1, 0.15) is 19.4 Å². The van der Waals surface area contributed by atoms with Crippen LogP contribution in [0.15, 0.2) is 23.1 Å². The molecule has 0 aromatic heterocycles. The Balaban J connectivity index is 2.46. The smallest absolute Gasteiger partial charge is 0.0545 e. The third kappa shape index (κ3) is 4.88. The second-order valence-electron chi connectivity index (χ2n) is 3.84. The first kappa shape index (κ1) is 14.8. The lowest BCUT2D eigenvalue weighted by atomic mass is 10.2. The molecule has 1 aromatic rings. The van der Waals surface area contributed by atoms with Crippen LogP contribution in [-0.2, 0) is 6.54 Å². The molecule has 0 aliphatic carbocycles. The van der Waals surface area contributed by atoms with Gasteiger partial charge in [0.2, 0.25) is 0 Å². The van der Waals surface area contributed by atoms with Crippen LogP contribution in [0.5, 0.6) is 0 Å². The highest BCUT2D eigenvalue weighted by atomic mass is 35.5. The molecule has 0 spiro atoms. The van der Waals surface area contributed by atoms with Crippen molar-refractivity contribution < 1.29 is 0 Å². The van der Waals surface area contributed by atoms with Crippen molar-refractivity contribution in [3.63, 3.8) is 0 Å². The van der Waals surface area contributed by atoms with Crippen molar-refractivity contribution in [2.75, 3.05) is 25.4 Å². The summed E-state index contributed by atoms with van der Waals surface area (Å²) < 4.78 is 0. The Morgan fingerprint density at radius 3 is 2.53 bits per heavy atom. The van der Waals surface area contributed by atoms with Crippen LogP contribution in [0.3, 0.4) is 0 Å². The van der Waals surface area contributed by atoms with Gasteiger partial charge in [-0.25, -0.2) is 0 Å². The molecule has 1 rings (SSSR count). The lowest BCUT2D eigenvalue weighted by Crippen LogP contribution is -2.25. The molecule has 1 aromatic carbocycles. The van der Waals surface area contributed by atoms with Crippen LogP contribution in [0, 0.1) is 0 Å². The summed E-state index contributed by atoms with van der Waals surface area (Å²) in [5, 5.41) is 0.817. The Morgan fingerprint density at radius 2 is 2.00 bits per heavy atom. The van der Waals surface area contributed by atoms with Crippen molar-refractivity contribution in [2.24, 2.45) is 5.73 Å². The summed E-state index contributed by atoms with van der Waals surface area (Å²) in [6.45, 7) is 8.25. The zero-order valence-corrected chi connectivity index (χ0v) is 12.2. The maximum Gasteiger partial charge on any atom is 0.0545 e. The number of rotatable bonds is 7. The number of hydrogen-bond donors (Lipinski definition) is 1. The molecule has 0 bridgehead atoms. The van der Waals surface area contributed by atoms with Crippen LogP contribution < -0.4 is 5.73 Å². The van der Waals surface area contributed by atoms with Crippen LogP contribution in [0.25, 0.3) is 0 Å². The minimum Gasteiger partial charge on any atom is -0.326 e. The molecule has 0 unspecified atom stereocenters. The first-order valence-electron chi connectivity index (χ1n) is 6.04. The zero-order valence-electron chi connectivity index (χ0n) is 10.6. The summed E-state index contributed by atoms with van der Waals surface area (Å²) in [4.78, 5) is 3.56. The fourth-order valence-corrected chi connectivity index (χ4v) is 2.91. The molecular weight excluding hydrogens is 252 g/mol. The maximum absolute atomic E-state index is 6.20. The Bertz CT molecular complexity index is 340.